The van der Waals surface area contributed by atoms with Gasteiger partial charge in [0, 0.05) is 17.5 Å². The zero-order valence-electron chi connectivity index (χ0n) is 12.7. The van der Waals surface area contributed by atoms with Gasteiger partial charge >= 0.3 is 0 Å². The van der Waals surface area contributed by atoms with Crippen LogP contribution >= 0.6 is 23.2 Å². The molecule has 9 heteroatoms. The number of pyridine rings is 1. The first-order chi connectivity index (χ1) is 11.0. The SMILES string of the molecule is Cc1c(Cl)nc2c(ncn2C2CC[C@@H](c3nnn(C)n3)C2)c1Cl. The summed E-state index contributed by atoms with van der Waals surface area (Å²) in [6, 6.07) is 0.288. The lowest BCUT2D eigenvalue weighted by Crippen LogP contribution is -2.06. The summed E-state index contributed by atoms with van der Waals surface area (Å²) in [5.41, 5.74) is 2.21. The minimum atomic E-state index is 0.288. The average molecular weight is 352 g/mol. The minimum Gasteiger partial charge on any atom is -0.312 e. The van der Waals surface area contributed by atoms with Crippen LogP contribution in [0.15, 0.2) is 6.33 Å². The van der Waals surface area contributed by atoms with E-state index in [-0.39, 0.29) is 6.04 Å². The van der Waals surface area contributed by atoms with Gasteiger partial charge in [-0.3, -0.25) is 0 Å². The highest BCUT2D eigenvalue weighted by Crippen LogP contribution is 2.41. The van der Waals surface area contributed by atoms with Crippen molar-refractivity contribution in [2.24, 2.45) is 7.05 Å². The second-order valence-corrected chi connectivity index (χ2v) is 6.70. The number of hydrogen-bond donors (Lipinski definition) is 0. The fourth-order valence-corrected chi connectivity index (χ4v) is 3.69. The van der Waals surface area contributed by atoms with Crippen LogP contribution in [0.25, 0.3) is 11.2 Å². The van der Waals surface area contributed by atoms with Gasteiger partial charge in [-0.25, -0.2) is 9.97 Å². The largest absolute Gasteiger partial charge is 0.312 e. The van der Waals surface area contributed by atoms with E-state index in [4.69, 9.17) is 23.2 Å². The van der Waals surface area contributed by atoms with Crippen molar-refractivity contribution in [3.63, 3.8) is 0 Å². The molecule has 4 rings (SSSR count). The lowest BCUT2D eigenvalue weighted by atomic mass is 10.1. The van der Waals surface area contributed by atoms with Crippen LogP contribution < -0.4 is 0 Å². The van der Waals surface area contributed by atoms with E-state index < -0.39 is 0 Å². The molecule has 0 radical (unpaired) electrons. The fourth-order valence-electron chi connectivity index (χ4n) is 3.24. The van der Waals surface area contributed by atoms with Crippen LogP contribution in [0.4, 0.5) is 0 Å². The number of aromatic nitrogens is 7. The topological polar surface area (TPSA) is 74.3 Å². The molecule has 1 saturated carbocycles. The van der Waals surface area contributed by atoms with Crippen molar-refractivity contribution in [3.05, 3.63) is 27.9 Å². The number of aryl methyl sites for hydroxylation is 1. The van der Waals surface area contributed by atoms with Crippen LogP contribution in [0.3, 0.4) is 0 Å². The number of fused-ring (bicyclic) bond motifs is 1. The summed E-state index contributed by atoms with van der Waals surface area (Å²) in [5, 5.41) is 13.4. The van der Waals surface area contributed by atoms with Crippen LogP contribution in [-0.4, -0.2) is 34.7 Å². The molecular weight excluding hydrogens is 337 g/mol. The number of imidazole rings is 1. The molecule has 2 atom stereocenters. The van der Waals surface area contributed by atoms with Gasteiger partial charge in [0.1, 0.15) is 10.7 Å². The lowest BCUT2D eigenvalue weighted by Gasteiger charge is -2.13. The van der Waals surface area contributed by atoms with Crippen LogP contribution in [0.2, 0.25) is 10.2 Å². The number of nitrogens with zero attached hydrogens (tertiary/aromatic N) is 7. The molecular formula is C14H15Cl2N7. The van der Waals surface area contributed by atoms with Crippen LogP contribution in [0, 0.1) is 6.92 Å². The minimum absolute atomic E-state index is 0.288. The van der Waals surface area contributed by atoms with Crippen molar-refractivity contribution in [2.75, 3.05) is 0 Å². The molecule has 0 bridgehead atoms. The monoisotopic (exact) mass is 351 g/mol. The van der Waals surface area contributed by atoms with E-state index in [1.165, 1.54) is 4.80 Å². The molecule has 0 N–H and O–H groups in total. The molecule has 120 valence electrons. The molecule has 1 fully saturated rings. The van der Waals surface area contributed by atoms with E-state index >= 15 is 0 Å². The van der Waals surface area contributed by atoms with E-state index in [2.05, 4.69) is 29.9 Å². The van der Waals surface area contributed by atoms with Gasteiger partial charge < -0.3 is 4.57 Å². The Balaban J connectivity index is 1.68. The standard InChI is InChI=1S/C14H15Cl2N7/c1-7-10(15)11-14(18-12(7)16)23(6-17-11)9-4-3-8(5-9)13-19-21-22(2)20-13/h6,8-9H,3-5H2,1-2H3/t8-,9?/m1/s1. The summed E-state index contributed by atoms with van der Waals surface area (Å²) in [6.07, 6.45) is 4.76. The van der Waals surface area contributed by atoms with Crippen molar-refractivity contribution >= 4 is 34.4 Å². The quantitative estimate of drug-likeness (QED) is 0.663. The first-order valence-electron chi connectivity index (χ1n) is 7.46. The lowest BCUT2D eigenvalue weighted by molar-refractivity contribution is 0.515. The molecule has 3 aromatic heterocycles. The Bertz CT molecular complexity index is 885. The van der Waals surface area contributed by atoms with Gasteiger partial charge in [-0.05, 0) is 31.4 Å². The van der Waals surface area contributed by atoms with E-state index in [0.29, 0.717) is 21.6 Å². The average Bonchev–Trinajstić information content (AvgIpc) is 3.23. The zero-order valence-corrected chi connectivity index (χ0v) is 14.3. The predicted molar refractivity (Wildman–Crippen MR) is 86.7 cm³/mol. The normalized spacial score (nSPS) is 21.4. The van der Waals surface area contributed by atoms with Crippen molar-refractivity contribution in [2.45, 2.75) is 38.1 Å². The van der Waals surface area contributed by atoms with E-state index in [1.54, 1.807) is 13.4 Å². The second-order valence-electron chi connectivity index (χ2n) is 5.97. The molecule has 0 aliphatic heterocycles. The van der Waals surface area contributed by atoms with Gasteiger partial charge in [-0.15, -0.1) is 10.2 Å². The molecule has 7 nitrogen and oxygen atoms in total. The van der Waals surface area contributed by atoms with Gasteiger partial charge in [-0.1, -0.05) is 23.2 Å². The van der Waals surface area contributed by atoms with Gasteiger partial charge in [0.25, 0.3) is 0 Å². The first-order valence-corrected chi connectivity index (χ1v) is 8.22. The molecule has 0 aromatic carbocycles. The summed E-state index contributed by atoms with van der Waals surface area (Å²) < 4.78 is 2.07. The summed E-state index contributed by atoms with van der Waals surface area (Å²) in [6.45, 7) is 1.85. The molecule has 23 heavy (non-hydrogen) atoms. The Morgan fingerprint density at radius 3 is 2.83 bits per heavy atom. The van der Waals surface area contributed by atoms with E-state index in [9.17, 15) is 0 Å². The highest BCUT2D eigenvalue weighted by Gasteiger charge is 2.31. The van der Waals surface area contributed by atoms with Crippen LogP contribution in [0.5, 0.6) is 0 Å². The zero-order chi connectivity index (χ0) is 16.1. The number of tetrazole rings is 1. The van der Waals surface area contributed by atoms with E-state index in [1.807, 2.05) is 6.92 Å². The van der Waals surface area contributed by atoms with Crippen LogP contribution in [-0.2, 0) is 7.05 Å². The van der Waals surface area contributed by atoms with E-state index in [0.717, 1.165) is 36.3 Å². The molecule has 0 saturated heterocycles. The summed E-state index contributed by atoms with van der Waals surface area (Å²) in [5.74, 6) is 1.11. The molecule has 3 aromatic rings. The van der Waals surface area contributed by atoms with Gasteiger partial charge in [0.05, 0.1) is 18.4 Å². The third-order valence-electron chi connectivity index (χ3n) is 4.51. The van der Waals surface area contributed by atoms with Gasteiger partial charge in [0.2, 0.25) is 0 Å². The van der Waals surface area contributed by atoms with Gasteiger partial charge in [0.15, 0.2) is 11.5 Å². The van der Waals surface area contributed by atoms with Crippen molar-refractivity contribution in [1.82, 2.24) is 34.7 Å². The Morgan fingerprint density at radius 1 is 1.26 bits per heavy atom. The Hall–Kier alpha value is -1.73. The molecule has 1 aliphatic rings. The maximum absolute atomic E-state index is 6.35. The Morgan fingerprint density at radius 2 is 2.09 bits per heavy atom. The van der Waals surface area contributed by atoms with Gasteiger partial charge in [-0.2, -0.15) is 4.80 Å². The van der Waals surface area contributed by atoms with Crippen LogP contribution in [0.1, 0.15) is 42.6 Å². The molecule has 1 aliphatic carbocycles. The maximum atomic E-state index is 6.35. The third kappa shape index (κ3) is 2.38. The number of rotatable bonds is 2. The maximum Gasteiger partial charge on any atom is 0.177 e. The van der Waals surface area contributed by atoms with Crippen molar-refractivity contribution in [3.8, 4) is 0 Å². The highest BCUT2D eigenvalue weighted by molar-refractivity contribution is 6.38. The Kier molecular flexibility index (Phi) is 3.50. The fraction of sp³-hybridized carbons (Fsp3) is 0.500. The van der Waals surface area contributed by atoms with Crippen molar-refractivity contribution in [1.29, 1.82) is 0 Å². The molecule has 3 heterocycles. The molecule has 0 spiro atoms. The third-order valence-corrected chi connectivity index (χ3v) is 5.34. The summed E-state index contributed by atoms with van der Waals surface area (Å²) >= 11 is 12.5. The van der Waals surface area contributed by atoms with Crippen molar-refractivity contribution < 1.29 is 0 Å². The second kappa shape index (κ2) is 5.42. The highest BCUT2D eigenvalue weighted by atomic mass is 35.5. The number of halogens is 2. The molecule has 1 unspecified atom stereocenters. The summed E-state index contributed by atoms with van der Waals surface area (Å²) in [4.78, 5) is 10.4. The smallest absolute Gasteiger partial charge is 0.177 e. The molecule has 0 amide bonds. The predicted octanol–water partition coefficient (Wildman–Crippen LogP) is 3.08. The first kappa shape index (κ1) is 14.8. The Labute approximate surface area is 142 Å². The number of hydrogen-bond acceptors (Lipinski definition) is 5. The summed E-state index contributed by atoms with van der Waals surface area (Å²) in [7, 11) is 1.78.